The number of ether oxygens (including phenoxy) is 1. The number of benzene rings is 2. The molecule has 3 heteroatoms. The fourth-order valence-corrected chi connectivity index (χ4v) is 1.62. The molecule has 0 aliphatic rings. The van der Waals surface area contributed by atoms with Gasteiger partial charge in [0.1, 0.15) is 5.75 Å². The predicted octanol–water partition coefficient (Wildman–Crippen LogP) is 2.89. The van der Waals surface area contributed by atoms with Gasteiger partial charge in [0.05, 0.1) is 12.8 Å². The maximum atomic E-state index is 5.75. The third-order valence-electron chi connectivity index (χ3n) is 2.57. The van der Waals surface area contributed by atoms with Gasteiger partial charge in [0.15, 0.2) is 0 Å². The maximum absolute atomic E-state index is 5.75. The lowest BCUT2D eigenvalue weighted by Crippen LogP contribution is -2.00. The summed E-state index contributed by atoms with van der Waals surface area (Å²) in [4.78, 5) is 0. The molecule has 0 aromatic heterocycles. The van der Waals surface area contributed by atoms with E-state index in [4.69, 9.17) is 10.5 Å². The summed E-state index contributed by atoms with van der Waals surface area (Å²) in [5.41, 5.74) is 8.64. The van der Waals surface area contributed by atoms with Gasteiger partial charge in [-0.25, -0.2) is 0 Å². The molecule has 0 unspecified atom stereocenters. The van der Waals surface area contributed by atoms with Gasteiger partial charge in [-0.15, -0.1) is 0 Å². The molecule has 3 nitrogen and oxygen atoms in total. The lowest BCUT2D eigenvalue weighted by atomic mass is 10.2. The highest BCUT2D eigenvalue weighted by atomic mass is 16.5. The fourth-order valence-electron chi connectivity index (χ4n) is 1.62. The van der Waals surface area contributed by atoms with Gasteiger partial charge in [-0.1, -0.05) is 30.3 Å². The third kappa shape index (κ3) is 2.91. The number of nitrogen functional groups attached to an aromatic ring is 1. The molecule has 0 atom stereocenters. The quantitative estimate of drug-likeness (QED) is 0.791. The van der Waals surface area contributed by atoms with E-state index < -0.39 is 0 Å². The van der Waals surface area contributed by atoms with Crippen molar-refractivity contribution in [2.45, 2.75) is 6.54 Å². The number of nitrogens with one attached hydrogen (secondary N) is 1. The molecule has 0 saturated heterocycles. The molecule has 0 saturated carbocycles. The molecule has 2 rings (SSSR count). The van der Waals surface area contributed by atoms with Crippen molar-refractivity contribution in [2.24, 2.45) is 0 Å². The standard InChI is InChI=1S/C14H16N2O/c1-17-14-9-12(7-8-13(14)15)16-10-11-5-3-2-4-6-11/h2-9,16H,10,15H2,1H3. The first-order valence-corrected chi connectivity index (χ1v) is 5.51. The molecule has 0 heterocycles. The molecule has 3 N–H and O–H groups in total. The van der Waals surface area contributed by atoms with Gasteiger partial charge in [0, 0.05) is 18.3 Å². The van der Waals surface area contributed by atoms with Crippen LogP contribution in [0, 0.1) is 0 Å². The molecule has 0 spiro atoms. The Hall–Kier alpha value is -2.16. The summed E-state index contributed by atoms with van der Waals surface area (Å²) >= 11 is 0. The Morgan fingerprint density at radius 2 is 1.88 bits per heavy atom. The van der Waals surface area contributed by atoms with Gasteiger partial charge >= 0.3 is 0 Å². The van der Waals surface area contributed by atoms with Gasteiger partial charge in [0.2, 0.25) is 0 Å². The van der Waals surface area contributed by atoms with Gasteiger partial charge in [-0.05, 0) is 17.7 Å². The number of nitrogens with two attached hydrogens (primary N) is 1. The molecule has 0 aliphatic carbocycles. The number of hydrogen-bond donors (Lipinski definition) is 2. The largest absolute Gasteiger partial charge is 0.495 e. The van der Waals surface area contributed by atoms with Crippen LogP contribution in [0.5, 0.6) is 5.75 Å². The molecule has 0 amide bonds. The fraction of sp³-hybridized carbons (Fsp3) is 0.143. The zero-order valence-electron chi connectivity index (χ0n) is 9.81. The lowest BCUT2D eigenvalue weighted by molar-refractivity contribution is 0.417. The zero-order chi connectivity index (χ0) is 12.1. The van der Waals surface area contributed by atoms with Crippen molar-refractivity contribution >= 4 is 11.4 Å². The SMILES string of the molecule is COc1cc(NCc2ccccc2)ccc1N. The minimum atomic E-state index is 0.651. The summed E-state index contributed by atoms with van der Waals surface area (Å²) < 4.78 is 5.17. The summed E-state index contributed by atoms with van der Waals surface area (Å²) in [7, 11) is 1.62. The highest BCUT2D eigenvalue weighted by molar-refractivity contribution is 5.61. The van der Waals surface area contributed by atoms with Crippen LogP contribution in [0.3, 0.4) is 0 Å². The smallest absolute Gasteiger partial charge is 0.143 e. The van der Waals surface area contributed by atoms with E-state index in [1.165, 1.54) is 5.56 Å². The van der Waals surface area contributed by atoms with Gasteiger partial charge < -0.3 is 15.8 Å². The van der Waals surface area contributed by atoms with Crippen LogP contribution in [-0.4, -0.2) is 7.11 Å². The van der Waals surface area contributed by atoms with Crippen LogP contribution in [0.4, 0.5) is 11.4 Å². The summed E-state index contributed by atoms with van der Waals surface area (Å²) in [6.07, 6.45) is 0. The van der Waals surface area contributed by atoms with Crippen LogP contribution < -0.4 is 15.8 Å². The van der Waals surface area contributed by atoms with Gasteiger partial charge in [-0.3, -0.25) is 0 Å². The molecule has 2 aromatic carbocycles. The number of hydrogen-bond acceptors (Lipinski definition) is 3. The molecule has 88 valence electrons. The van der Waals surface area contributed by atoms with E-state index in [-0.39, 0.29) is 0 Å². The molecule has 2 aromatic rings. The average molecular weight is 228 g/mol. The first-order chi connectivity index (χ1) is 8.29. The molecular weight excluding hydrogens is 212 g/mol. The predicted molar refractivity (Wildman–Crippen MR) is 71.2 cm³/mol. The van der Waals surface area contributed by atoms with Gasteiger partial charge in [-0.2, -0.15) is 0 Å². The van der Waals surface area contributed by atoms with Crippen molar-refractivity contribution in [2.75, 3.05) is 18.2 Å². The van der Waals surface area contributed by atoms with E-state index in [1.807, 2.05) is 36.4 Å². The van der Waals surface area contributed by atoms with Crippen molar-refractivity contribution in [3.8, 4) is 5.75 Å². The van der Waals surface area contributed by atoms with E-state index in [9.17, 15) is 0 Å². The molecule has 17 heavy (non-hydrogen) atoms. The van der Waals surface area contributed by atoms with E-state index in [1.54, 1.807) is 7.11 Å². The van der Waals surface area contributed by atoms with Crippen molar-refractivity contribution in [1.82, 2.24) is 0 Å². The Kier molecular flexibility index (Phi) is 3.50. The lowest BCUT2D eigenvalue weighted by Gasteiger charge is -2.09. The van der Waals surface area contributed by atoms with Crippen molar-refractivity contribution in [3.05, 3.63) is 54.1 Å². The van der Waals surface area contributed by atoms with Crippen molar-refractivity contribution < 1.29 is 4.74 Å². The minimum absolute atomic E-state index is 0.651. The first-order valence-electron chi connectivity index (χ1n) is 5.51. The number of methoxy groups -OCH3 is 1. The van der Waals surface area contributed by atoms with Crippen LogP contribution in [-0.2, 0) is 6.54 Å². The summed E-state index contributed by atoms with van der Waals surface area (Å²) in [6, 6.07) is 15.9. The normalized spacial score (nSPS) is 9.94. The highest BCUT2D eigenvalue weighted by Gasteiger charge is 2.00. The Morgan fingerprint density at radius 3 is 2.59 bits per heavy atom. The Morgan fingerprint density at radius 1 is 1.12 bits per heavy atom. The second-order valence-corrected chi connectivity index (χ2v) is 3.80. The van der Waals surface area contributed by atoms with E-state index in [0.717, 1.165) is 12.2 Å². The maximum Gasteiger partial charge on any atom is 0.143 e. The second kappa shape index (κ2) is 5.25. The molecule has 0 aliphatic heterocycles. The highest BCUT2D eigenvalue weighted by Crippen LogP contribution is 2.25. The number of anilines is 2. The summed E-state index contributed by atoms with van der Waals surface area (Å²) in [5, 5.41) is 3.33. The Bertz CT molecular complexity index is 483. The van der Waals surface area contributed by atoms with E-state index in [0.29, 0.717) is 11.4 Å². The van der Waals surface area contributed by atoms with Crippen molar-refractivity contribution in [1.29, 1.82) is 0 Å². The number of rotatable bonds is 4. The van der Waals surface area contributed by atoms with E-state index >= 15 is 0 Å². The topological polar surface area (TPSA) is 47.3 Å². The molecule has 0 bridgehead atoms. The second-order valence-electron chi connectivity index (χ2n) is 3.80. The average Bonchev–Trinajstić information content (AvgIpc) is 2.39. The summed E-state index contributed by atoms with van der Waals surface area (Å²) in [5.74, 6) is 0.697. The zero-order valence-corrected chi connectivity index (χ0v) is 9.81. The van der Waals surface area contributed by atoms with E-state index in [2.05, 4.69) is 17.4 Å². The van der Waals surface area contributed by atoms with Gasteiger partial charge in [0.25, 0.3) is 0 Å². The van der Waals surface area contributed by atoms with Crippen LogP contribution in [0.25, 0.3) is 0 Å². The molecule has 0 radical (unpaired) electrons. The van der Waals surface area contributed by atoms with Crippen LogP contribution in [0.2, 0.25) is 0 Å². The first kappa shape index (κ1) is 11.3. The Labute approximate surface area is 101 Å². The van der Waals surface area contributed by atoms with Crippen LogP contribution in [0.1, 0.15) is 5.56 Å². The summed E-state index contributed by atoms with van der Waals surface area (Å²) in [6.45, 7) is 0.786. The minimum Gasteiger partial charge on any atom is -0.495 e. The molecule has 0 fully saturated rings. The monoisotopic (exact) mass is 228 g/mol. The van der Waals surface area contributed by atoms with Crippen LogP contribution >= 0.6 is 0 Å². The Balaban J connectivity index is 2.04. The van der Waals surface area contributed by atoms with Crippen LogP contribution in [0.15, 0.2) is 48.5 Å². The third-order valence-corrected chi connectivity index (χ3v) is 2.57. The van der Waals surface area contributed by atoms with Crippen molar-refractivity contribution in [3.63, 3.8) is 0 Å². The molecular formula is C14H16N2O.